The van der Waals surface area contributed by atoms with Gasteiger partial charge in [-0.05, 0) is 24.3 Å². The van der Waals surface area contributed by atoms with Crippen LogP contribution >= 0.6 is 0 Å². The van der Waals surface area contributed by atoms with Gasteiger partial charge in [-0.15, -0.1) is 0 Å². The molecule has 3 rings (SSSR count). The van der Waals surface area contributed by atoms with Gasteiger partial charge in [0.05, 0.1) is 23.1 Å². The minimum atomic E-state index is -3.59. The first-order chi connectivity index (χ1) is 11.9. The van der Waals surface area contributed by atoms with E-state index in [0.717, 1.165) is 15.9 Å². The number of carbonyl (C=O) groups excluding carboxylic acids is 1. The summed E-state index contributed by atoms with van der Waals surface area (Å²) in [4.78, 5) is 16.7. The van der Waals surface area contributed by atoms with Crippen LogP contribution in [0.25, 0.3) is 10.9 Å². The van der Waals surface area contributed by atoms with Crippen LogP contribution in [0, 0.1) is 0 Å². The lowest BCUT2D eigenvalue weighted by molar-refractivity contribution is -0.114. The molecular formula is C18H17N3O3S. The van der Waals surface area contributed by atoms with Crippen molar-refractivity contribution in [2.24, 2.45) is 0 Å². The number of hydrogen-bond acceptors (Lipinski definition) is 4. The van der Waals surface area contributed by atoms with Gasteiger partial charge in [-0.2, -0.15) is 0 Å². The van der Waals surface area contributed by atoms with Gasteiger partial charge in [-0.25, -0.2) is 8.42 Å². The van der Waals surface area contributed by atoms with Crippen LogP contribution in [-0.2, 0) is 14.8 Å². The Labute approximate surface area is 146 Å². The molecule has 7 heteroatoms. The van der Waals surface area contributed by atoms with Crippen LogP contribution < -0.4 is 9.62 Å². The Hall–Kier alpha value is -2.93. The van der Waals surface area contributed by atoms with Crippen molar-refractivity contribution >= 4 is 38.2 Å². The second kappa shape index (κ2) is 6.90. The molecule has 3 aromatic rings. The summed E-state index contributed by atoms with van der Waals surface area (Å²) in [6, 6.07) is 17.7. The number of para-hydroxylation sites is 2. The van der Waals surface area contributed by atoms with Crippen molar-refractivity contribution in [3.8, 4) is 0 Å². The summed E-state index contributed by atoms with van der Waals surface area (Å²) in [7, 11) is -3.59. The lowest BCUT2D eigenvalue weighted by atomic mass is 10.2. The average Bonchev–Trinajstić information content (AvgIpc) is 2.60. The molecule has 0 aliphatic rings. The third-order valence-electron chi connectivity index (χ3n) is 3.64. The molecule has 1 heterocycles. The molecule has 0 radical (unpaired) electrons. The lowest BCUT2D eigenvalue weighted by Gasteiger charge is -2.21. The normalized spacial score (nSPS) is 11.2. The number of pyridine rings is 1. The Kier molecular flexibility index (Phi) is 4.67. The van der Waals surface area contributed by atoms with E-state index in [4.69, 9.17) is 0 Å². The van der Waals surface area contributed by atoms with E-state index >= 15 is 0 Å². The van der Waals surface area contributed by atoms with E-state index in [1.165, 1.54) is 0 Å². The number of carbonyl (C=O) groups is 1. The van der Waals surface area contributed by atoms with Crippen molar-refractivity contribution in [1.82, 2.24) is 4.98 Å². The lowest BCUT2D eigenvalue weighted by Crippen LogP contribution is -2.37. The smallest absolute Gasteiger partial charge is 0.245 e. The second-order valence-corrected chi connectivity index (χ2v) is 7.44. The molecule has 6 nitrogen and oxygen atoms in total. The number of benzene rings is 2. The molecule has 0 saturated carbocycles. The van der Waals surface area contributed by atoms with Gasteiger partial charge in [0.25, 0.3) is 0 Å². The highest BCUT2D eigenvalue weighted by Gasteiger charge is 2.21. The summed E-state index contributed by atoms with van der Waals surface area (Å²) < 4.78 is 25.2. The highest BCUT2D eigenvalue weighted by Crippen LogP contribution is 2.21. The van der Waals surface area contributed by atoms with Crippen LogP contribution in [0.15, 0.2) is 66.9 Å². The van der Waals surface area contributed by atoms with Crippen molar-refractivity contribution in [1.29, 1.82) is 0 Å². The number of aromatic nitrogens is 1. The monoisotopic (exact) mass is 355 g/mol. The van der Waals surface area contributed by atoms with Gasteiger partial charge >= 0.3 is 0 Å². The first-order valence-corrected chi connectivity index (χ1v) is 9.46. The first-order valence-electron chi connectivity index (χ1n) is 7.61. The fourth-order valence-corrected chi connectivity index (χ4v) is 3.38. The van der Waals surface area contributed by atoms with Crippen molar-refractivity contribution in [2.45, 2.75) is 0 Å². The minimum absolute atomic E-state index is 0.313. The zero-order chi connectivity index (χ0) is 17.9. The average molecular weight is 355 g/mol. The van der Waals surface area contributed by atoms with Gasteiger partial charge in [0.2, 0.25) is 15.9 Å². The maximum atomic E-state index is 12.4. The number of amides is 1. The number of nitrogens with one attached hydrogen (secondary N) is 1. The van der Waals surface area contributed by atoms with Crippen molar-refractivity contribution in [3.05, 3.63) is 66.9 Å². The topological polar surface area (TPSA) is 79.4 Å². The van der Waals surface area contributed by atoms with Crippen LogP contribution in [0.3, 0.4) is 0 Å². The Bertz CT molecular complexity index is 999. The number of nitrogens with zero attached hydrogens (tertiary/aromatic N) is 2. The van der Waals surface area contributed by atoms with E-state index in [0.29, 0.717) is 16.9 Å². The third kappa shape index (κ3) is 3.95. The predicted molar refractivity (Wildman–Crippen MR) is 99.0 cm³/mol. The Morgan fingerprint density at radius 3 is 2.48 bits per heavy atom. The summed E-state index contributed by atoms with van der Waals surface area (Å²) in [6.07, 6.45) is 2.72. The Morgan fingerprint density at radius 2 is 1.76 bits per heavy atom. The molecule has 0 bridgehead atoms. The van der Waals surface area contributed by atoms with Crippen LogP contribution in [0.5, 0.6) is 0 Å². The zero-order valence-corrected chi connectivity index (χ0v) is 14.4. The Morgan fingerprint density at radius 1 is 1.04 bits per heavy atom. The van der Waals surface area contributed by atoms with Crippen LogP contribution in [0.4, 0.5) is 11.4 Å². The van der Waals surface area contributed by atoms with Gasteiger partial charge in [0.1, 0.15) is 6.54 Å². The van der Waals surface area contributed by atoms with Crippen LogP contribution in [0.1, 0.15) is 0 Å². The van der Waals surface area contributed by atoms with Gasteiger partial charge in [0, 0.05) is 11.6 Å². The summed E-state index contributed by atoms with van der Waals surface area (Å²) in [5.41, 5.74) is 1.64. The van der Waals surface area contributed by atoms with Gasteiger partial charge in [-0.1, -0.05) is 36.4 Å². The molecule has 0 atom stereocenters. The Balaban J connectivity index is 1.85. The van der Waals surface area contributed by atoms with E-state index < -0.39 is 15.9 Å². The van der Waals surface area contributed by atoms with Gasteiger partial charge in [0.15, 0.2) is 0 Å². The maximum Gasteiger partial charge on any atom is 0.245 e. The molecule has 2 aromatic carbocycles. The summed E-state index contributed by atoms with van der Waals surface area (Å²) in [5.74, 6) is -0.438. The summed E-state index contributed by atoms with van der Waals surface area (Å²) >= 11 is 0. The molecule has 0 aliphatic heterocycles. The second-order valence-electron chi connectivity index (χ2n) is 5.53. The highest BCUT2D eigenvalue weighted by atomic mass is 32.2. The number of hydrogen-bond donors (Lipinski definition) is 1. The molecule has 0 spiro atoms. The predicted octanol–water partition coefficient (Wildman–Crippen LogP) is 2.64. The largest absolute Gasteiger partial charge is 0.323 e. The van der Waals surface area contributed by atoms with Crippen LogP contribution in [0.2, 0.25) is 0 Å². The standard InChI is InChI=1S/C18H17N3O3S/c1-25(23,24)21(15-9-3-2-4-10-15)13-17(22)20-16-11-5-7-14-8-6-12-19-18(14)16/h2-12H,13H2,1H3,(H,20,22). The molecule has 1 amide bonds. The van der Waals surface area contributed by atoms with Crippen molar-refractivity contribution in [2.75, 3.05) is 22.4 Å². The highest BCUT2D eigenvalue weighted by molar-refractivity contribution is 7.92. The summed E-state index contributed by atoms with van der Waals surface area (Å²) in [5, 5.41) is 3.64. The summed E-state index contributed by atoms with van der Waals surface area (Å²) in [6.45, 7) is -0.313. The van der Waals surface area contributed by atoms with E-state index in [-0.39, 0.29) is 6.54 Å². The molecule has 1 aromatic heterocycles. The molecule has 25 heavy (non-hydrogen) atoms. The number of rotatable bonds is 5. The number of fused-ring (bicyclic) bond motifs is 1. The number of sulfonamides is 1. The van der Waals surface area contributed by atoms with Crippen molar-refractivity contribution < 1.29 is 13.2 Å². The van der Waals surface area contributed by atoms with Gasteiger partial charge < -0.3 is 5.32 Å². The van der Waals surface area contributed by atoms with Crippen molar-refractivity contribution in [3.63, 3.8) is 0 Å². The van der Waals surface area contributed by atoms with E-state index in [2.05, 4.69) is 10.3 Å². The SMILES string of the molecule is CS(=O)(=O)N(CC(=O)Nc1cccc2cccnc12)c1ccccc1. The van der Waals surface area contributed by atoms with E-state index in [1.54, 1.807) is 42.6 Å². The maximum absolute atomic E-state index is 12.4. The fraction of sp³-hybridized carbons (Fsp3) is 0.111. The third-order valence-corrected chi connectivity index (χ3v) is 4.78. The minimum Gasteiger partial charge on any atom is -0.323 e. The van der Waals surface area contributed by atoms with Crippen LogP contribution in [-0.4, -0.2) is 32.1 Å². The molecule has 1 N–H and O–H groups in total. The number of anilines is 2. The fourth-order valence-electron chi connectivity index (χ4n) is 2.52. The molecule has 128 valence electrons. The quantitative estimate of drug-likeness (QED) is 0.763. The molecule has 0 fully saturated rings. The molecular weight excluding hydrogens is 338 g/mol. The van der Waals surface area contributed by atoms with E-state index in [1.807, 2.05) is 24.3 Å². The zero-order valence-electron chi connectivity index (χ0n) is 13.6. The molecule has 0 saturated heterocycles. The van der Waals surface area contributed by atoms with Gasteiger partial charge in [-0.3, -0.25) is 14.1 Å². The molecule has 0 aliphatic carbocycles. The molecule has 0 unspecified atom stereocenters. The first kappa shape index (κ1) is 16.9. The van der Waals surface area contributed by atoms with E-state index in [9.17, 15) is 13.2 Å².